The van der Waals surface area contributed by atoms with Crippen LogP contribution in [0.25, 0.3) is 0 Å². The molecule has 2 aromatic rings. The van der Waals surface area contributed by atoms with Crippen molar-refractivity contribution in [2.75, 3.05) is 11.9 Å². The minimum Gasteiger partial charge on any atom is -0.356 e. The van der Waals surface area contributed by atoms with Gasteiger partial charge in [0.2, 0.25) is 5.91 Å². The van der Waals surface area contributed by atoms with Crippen molar-refractivity contribution >= 4 is 28.3 Å². The second-order valence-electron chi connectivity index (χ2n) is 7.49. The maximum atomic E-state index is 12.3. The Hall–Kier alpha value is -2.35. The molecular weight excluding hydrogens is 386 g/mol. The third-order valence-electron chi connectivity index (χ3n) is 5.25. The lowest BCUT2D eigenvalue weighted by Gasteiger charge is -2.19. The third kappa shape index (κ3) is 5.59. The molecule has 2 N–H and O–H groups in total. The second kappa shape index (κ2) is 10.4. The monoisotopic (exact) mass is 415 g/mol. The van der Waals surface area contributed by atoms with Crippen LogP contribution in [0.3, 0.4) is 0 Å². The van der Waals surface area contributed by atoms with E-state index in [1.807, 2.05) is 0 Å². The van der Waals surface area contributed by atoms with Crippen LogP contribution in [0.5, 0.6) is 0 Å². The Bertz CT molecular complexity index is 824. The van der Waals surface area contributed by atoms with Gasteiger partial charge in [-0.05, 0) is 25.2 Å². The molecule has 2 atom stereocenters. The molecule has 3 rings (SSSR count). The summed E-state index contributed by atoms with van der Waals surface area (Å²) in [5.41, 5.74) is 1.33. The average molecular weight is 416 g/mol. The van der Waals surface area contributed by atoms with Crippen molar-refractivity contribution in [2.45, 2.75) is 64.7 Å². The Labute approximate surface area is 175 Å². The van der Waals surface area contributed by atoms with E-state index in [-0.39, 0.29) is 23.4 Å². The molecule has 0 saturated carbocycles. The fraction of sp³-hybridized carbons (Fsp3) is 0.571. The predicted octanol–water partition coefficient (Wildman–Crippen LogP) is 3.94. The summed E-state index contributed by atoms with van der Waals surface area (Å²) >= 11 is 1.51. The van der Waals surface area contributed by atoms with E-state index in [1.165, 1.54) is 41.2 Å². The minimum absolute atomic E-state index is 0.128. The van der Waals surface area contributed by atoms with Gasteiger partial charge < -0.3 is 5.32 Å². The van der Waals surface area contributed by atoms with E-state index in [1.54, 1.807) is 0 Å². The Morgan fingerprint density at radius 1 is 1.21 bits per heavy atom. The second-order valence-corrected chi connectivity index (χ2v) is 8.58. The molecule has 0 aliphatic heterocycles. The number of nitrogens with zero attached hydrogens (tertiary/aromatic N) is 3. The molecule has 0 saturated heterocycles. The van der Waals surface area contributed by atoms with E-state index in [9.17, 15) is 9.59 Å². The lowest BCUT2D eigenvalue weighted by molar-refractivity contribution is -0.122. The van der Waals surface area contributed by atoms with Gasteiger partial charge in [0, 0.05) is 36.2 Å². The summed E-state index contributed by atoms with van der Waals surface area (Å²) < 4.78 is 0. The summed E-state index contributed by atoms with van der Waals surface area (Å²) in [6, 6.07) is 0. The van der Waals surface area contributed by atoms with Gasteiger partial charge in [-0.2, -0.15) is 0 Å². The van der Waals surface area contributed by atoms with E-state index in [4.69, 9.17) is 4.98 Å². The first-order chi connectivity index (χ1) is 14.1. The van der Waals surface area contributed by atoms with Crippen molar-refractivity contribution in [3.05, 3.63) is 34.9 Å². The van der Waals surface area contributed by atoms with Crippen LogP contribution in [0, 0.1) is 5.92 Å². The normalized spacial score (nSPS) is 17.7. The number of unbranched alkanes of at least 4 members (excludes halogenated alkanes) is 2. The van der Waals surface area contributed by atoms with Gasteiger partial charge in [0.25, 0.3) is 5.91 Å². The molecule has 0 spiro atoms. The van der Waals surface area contributed by atoms with E-state index < -0.39 is 0 Å². The van der Waals surface area contributed by atoms with E-state index in [2.05, 4.69) is 34.4 Å². The zero-order valence-corrected chi connectivity index (χ0v) is 17.9. The molecule has 2 aromatic heterocycles. The summed E-state index contributed by atoms with van der Waals surface area (Å²) in [7, 11) is 0. The molecular formula is C21H29N5O2S. The third-order valence-corrected chi connectivity index (χ3v) is 6.26. The van der Waals surface area contributed by atoms with Crippen molar-refractivity contribution in [3.8, 4) is 0 Å². The number of fused-ring (bicyclic) bond motifs is 1. The van der Waals surface area contributed by atoms with Crippen LogP contribution in [0.4, 0.5) is 5.13 Å². The number of hydrogen-bond donors (Lipinski definition) is 2. The topological polar surface area (TPSA) is 96.9 Å². The molecule has 0 aromatic carbocycles. The zero-order chi connectivity index (χ0) is 20.6. The van der Waals surface area contributed by atoms with Crippen molar-refractivity contribution in [3.63, 3.8) is 0 Å². The molecule has 2 unspecified atom stereocenters. The average Bonchev–Trinajstić information content (AvgIpc) is 3.25. The van der Waals surface area contributed by atoms with Crippen LogP contribution >= 0.6 is 11.3 Å². The quantitative estimate of drug-likeness (QED) is 0.573. The molecule has 156 valence electrons. The number of hydrogen-bond acceptors (Lipinski definition) is 6. The fourth-order valence-corrected chi connectivity index (χ4v) is 4.93. The molecule has 8 heteroatoms. The van der Waals surface area contributed by atoms with Crippen molar-refractivity contribution in [2.24, 2.45) is 5.92 Å². The van der Waals surface area contributed by atoms with Crippen molar-refractivity contribution in [1.29, 1.82) is 0 Å². The highest BCUT2D eigenvalue weighted by Crippen LogP contribution is 2.46. The highest BCUT2D eigenvalue weighted by Gasteiger charge is 2.36. The molecule has 2 heterocycles. The highest BCUT2D eigenvalue weighted by molar-refractivity contribution is 7.16. The SMILES string of the molecule is CCCCCC1c2nc(NC(=O)c3cnccn3)sc2CC1CC(=O)NCCC. The Morgan fingerprint density at radius 2 is 2.07 bits per heavy atom. The Kier molecular flexibility index (Phi) is 7.69. The van der Waals surface area contributed by atoms with Crippen molar-refractivity contribution < 1.29 is 9.59 Å². The number of thiazole rings is 1. The first-order valence-electron chi connectivity index (χ1n) is 10.5. The Morgan fingerprint density at radius 3 is 2.79 bits per heavy atom. The van der Waals surface area contributed by atoms with Gasteiger partial charge in [-0.1, -0.05) is 33.1 Å². The molecule has 1 aliphatic rings. The van der Waals surface area contributed by atoms with Gasteiger partial charge in [0.15, 0.2) is 5.13 Å². The van der Waals surface area contributed by atoms with Crippen LogP contribution in [-0.4, -0.2) is 33.3 Å². The molecule has 0 bridgehead atoms. The van der Waals surface area contributed by atoms with Gasteiger partial charge in [-0.3, -0.25) is 19.9 Å². The molecule has 29 heavy (non-hydrogen) atoms. The van der Waals surface area contributed by atoms with Crippen LogP contribution in [-0.2, 0) is 11.2 Å². The molecule has 0 radical (unpaired) electrons. The van der Waals surface area contributed by atoms with Crippen LogP contribution in [0.2, 0.25) is 0 Å². The summed E-state index contributed by atoms with van der Waals surface area (Å²) in [5, 5.41) is 6.44. The Balaban J connectivity index is 1.69. The fourth-order valence-electron chi connectivity index (χ4n) is 3.81. The van der Waals surface area contributed by atoms with Crippen LogP contribution in [0.15, 0.2) is 18.6 Å². The first-order valence-corrected chi connectivity index (χ1v) is 11.3. The lowest BCUT2D eigenvalue weighted by atomic mass is 9.87. The number of amides is 2. The van der Waals surface area contributed by atoms with Gasteiger partial charge in [-0.25, -0.2) is 9.97 Å². The number of carbonyl (C=O) groups excluding carboxylic acids is 2. The summed E-state index contributed by atoms with van der Waals surface area (Å²) in [5.74, 6) is 0.400. The minimum atomic E-state index is -0.302. The first kappa shape index (κ1) is 21.4. The lowest BCUT2D eigenvalue weighted by Crippen LogP contribution is -2.27. The summed E-state index contributed by atoms with van der Waals surface area (Å²) in [6.07, 6.45) is 11.3. The number of carbonyl (C=O) groups is 2. The van der Waals surface area contributed by atoms with Gasteiger partial charge in [0.1, 0.15) is 5.69 Å². The van der Waals surface area contributed by atoms with E-state index >= 15 is 0 Å². The predicted molar refractivity (Wildman–Crippen MR) is 114 cm³/mol. The highest BCUT2D eigenvalue weighted by atomic mass is 32.1. The van der Waals surface area contributed by atoms with Crippen LogP contribution < -0.4 is 10.6 Å². The molecule has 2 amide bonds. The number of rotatable bonds is 10. The largest absolute Gasteiger partial charge is 0.356 e. The standard InChI is InChI=1S/C21H29N5O2S/c1-3-5-6-7-15-14(12-18(27)24-8-4-2)11-17-19(15)25-21(29-17)26-20(28)16-13-22-9-10-23-16/h9-10,13-15H,3-8,11-12H2,1-2H3,(H,24,27)(H,25,26,28). The van der Waals surface area contributed by atoms with Gasteiger partial charge in [-0.15, -0.1) is 11.3 Å². The summed E-state index contributed by atoms with van der Waals surface area (Å²) in [4.78, 5) is 38.5. The molecule has 1 aliphatic carbocycles. The smallest absolute Gasteiger partial charge is 0.277 e. The van der Waals surface area contributed by atoms with Gasteiger partial charge >= 0.3 is 0 Å². The molecule has 0 fully saturated rings. The van der Waals surface area contributed by atoms with Crippen LogP contribution in [0.1, 0.15) is 79.3 Å². The zero-order valence-electron chi connectivity index (χ0n) is 17.1. The maximum Gasteiger partial charge on any atom is 0.277 e. The summed E-state index contributed by atoms with van der Waals surface area (Å²) in [6.45, 7) is 4.98. The van der Waals surface area contributed by atoms with E-state index in [0.717, 1.165) is 44.3 Å². The van der Waals surface area contributed by atoms with Gasteiger partial charge in [0.05, 0.1) is 11.9 Å². The number of aromatic nitrogens is 3. The van der Waals surface area contributed by atoms with Crippen molar-refractivity contribution in [1.82, 2.24) is 20.3 Å². The molecule has 7 nitrogen and oxygen atoms in total. The number of nitrogens with one attached hydrogen (secondary N) is 2. The maximum absolute atomic E-state index is 12.3. The van der Waals surface area contributed by atoms with E-state index in [0.29, 0.717) is 17.5 Å². The number of anilines is 1.